The van der Waals surface area contributed by atoms with Crippen LogP contribution >= 0.6 is 0 Å². The van der Waals surface area contributed by atoms with Gasteiger partial charge in [-0.3, -0.25) is 9.69 Å². The highest BCUT2D eigenvalue weighted by Gasteiger charge is 2.42. The van der Waals surface area contributed by atoms with Crippen molar-refractivity contribution in [2.75, 3.05) is 7.05 Å². The molecule has 1 N–H and O–H groups in total. The predicted octanol–water partition coefficient (Wildman–Crippen LogP) is 1.20. The third kappa shape index (κ3) is 2.02. The zero-order chi connectivity index (χ0) is 10.2. The Hall–Kier alpha value is -0.570. The van der Waals surface area contributed by atoms with Gasteiger partial charge in [-0.2, -0.15) is 0 Å². The first-order valence-electron chi connectivity index (χ1n) is 4.89. The van der Waals surface area contributed by atoms with E-state index in [0.717, 1.165) is 6.42 Å². The standard InChI is InChI=1S/C10H20N2O/c1-7(2)6-8-9(13)11-10(3,4)12(8)5/h7-8H,6H2,1-5H3,(H,11,13). The summed E-state index contributed by atoms with van der Waals surface area (Å²) in [5.74, 6) is 0.730. The molecule has 1 fully saturated rings. The summed E-state index contributed by atoms with van der Waals surface area (Å²) in [7, 11) is 2.00. The first-order chi connectivity index (χ1) is 5.84. The molecule has 0 aliphatic carbocycles. The van der Waals surface area contributed by atoms with E-state index in [2.05, 4.69) is 24.1 Å². The van der Waals surface area contributed by atoms with Crippen molar-refractivity contribution in [3.63, 3.8) is 0 Å². The zero-order valence-corrected chi connectivity index (χ0v) is 9.22. The van der Waals surface area contributed by atoms with Gasteiger partial charge in [0.05, 0.1) is 11.7 Å². The molecule has 1 aliphatic heterocycles. The highest BCUT2D eigenvalue weighted by atomic mass is 16.2. The number of hydrogen-bond acceptors (Lipinski definition) is 2. The van der Waals surface area contributed by atoms with Crippen LogP contribution in [0.2, 0.25) is 0 Å². The molecule has 1 heterocycles. The lowest BCUT2D eigenvalue weighted by molar-refractivity contribution is -0.121. The first kappa shape index (κ1) is 10.5. The van der Waals surface area contributed by atoms with Crippen LogP contribution < -0.4 is 5.32 Å². The zero-order valence-electron chi connectivity index (χ0n) is 9.22. The Morgan fingerprint density at radius 3 is 2.38 bits per heavy atom. The maximum atomic E-state index is 11.6. The van der Waals surface area contributed by atoms with E-state index in [1.807, 2.05) is 20.9 Å². The first-order valence-corrected chi connectivity index (χ1v) is 4.89. The van der Waals surface area contributed by atoms with Gasteiger partial charge < -0.3 is 5.32 Å². The minimum atomic E-state index is -0.184. The van der Waals surface area contributed by atoms with Crippen LogP contribution in [0.15, 0.2) is 0 Å². The van der Waals surface area contributed by atoms with Crippen molar-refractivity contribution in [2.45, 2.75) is 45.8 Å². The van der Waals surface area contributed by atoms with Crippen molar-refractivity contribution >= 4 is 5.91 Å². The largest absolute Gasteiger partial charge is 0.337 e. The van der Waals surface area contributed by atoms with E-state index in [0.29, 0.717) is 5.92 Å². The molecule has 76 valence electrons. The molecule has 0 spiro atoms. The lowest BCUT2D eigenvalue weighted by Crippen LogP contribution is -2.45. The SMILES string of the molecule is CC(C)CC1C(=O)NC(C)(C)N1C. The summed E-state index contributed by atoms with van der Waals surface area (Å²) in [5, 5.41) is 2.99. The van der Waals surface area contributed by atoms with Gasteiger partial charge in [0.1, 0.15) is 0 Å². The fourth-order valence-electron chi connectivity index (χ4n) is 1.75. The van der Waals surface area contributed by atoms with Crippen molar-refractivity contribution in [1.29, 1.82) is 0 Å². The molecule has 0 saturated carbocycles. The average Bonchev–Trinajstić information content (AvgIpc) is 2.12. The van der Waals surface area contributed by atoms with E-state index in [1.165, 1.54) is 0 Å². The molecule has 0 aromatic carbocycles. The smallest absolute Gasteiger partial charge is 0.238 e. The summed E-state index contributed by atoms with van der Waals surface area (Å²) in [5.41, 5.74) is -0.184. The van der Waals surface area contributed by atoms with Crippen molar-refractivity contribution in [2.24, 2.45) is 5.92 Å². The molecular weight excluding hydrogens is 164 g/mol. The van der Waals surface area contributed by atoms with Crippen LogP contribution in [-0.2, 0) is 4.79 Å². The van der Waals surface area contributed by atoms with Crippen LogP contribution in [0.25, 0.3) is 0 Å². The van der Waals surface area contributed by atoms with E-state index < -0.39 is 0 Å². The van der Waals surface area contributed by atoms with Gasteiger partial charge >= 0.3 is 0 Å². The molecule has 1 saturated heterocycles. The van der Waals surface area contributed by atoms with Gasteiger partial charge in [-0.05, 0) is 33.2 Å². The number of likely N-dealkylation sites (N-methyl/N-ethyl adjacent to an activating group) is 1. The van der Waals surface area contributed by atoms with Gasteiger partial charge in [-0.1, -0.05) is 13.8 Å². The highest BCUT2D eigenvalue weighted by molar-refractivity contribution is 5.84. The van der Waals surface area contributed by atoms with Gasteiger partial charge in [-0.15, -0.1) is 0 Å². The Kier molecular flexibility index (Phi) is 2.66. The second-order valence-corrected chi connectivity index (χ2v) is 4.80. The van der Waals surface area contributed by atoms with Gasteiger partial charge in [0.25, 0.3) is 0 Å². The summed E-state index contributed by atoms with van der Waals surface area (Å²) in [4.78, 5) is 13.7. The predicted molar refractivity (Wildman–Crippen MR) is 53.2 cm³/mol. The Balaban J connectivity index is 2.71. The number of rotatable bonds is 2. The average molecular weight is 184 g/mol. The van der Waals surface area contributed by atoms with E-state index >= 15 is 0 Å². The van der Waals surface area contributed by atoms with Crippen molar-refractivity contribution in [3.8, 4) is 0 Å². The quantitative estimate of drug-likeness (QED) is 0.699. The molecule has 3 heteroatoms. The molecule has 0 bridgehead atoms. The molecule has 1 atom stereocenters. The molecule has 0 aromatic rings. The van der Waals surface area contributed by atoms with E-state index in [1.54, 1.807) is 0 Å². The van der Waals surface area contributed by atoms with Gasteiger partial charge in [-0.25, -0.2) is 0 Å². The van der Waals surface area contributed by atoms with E-state index in [9.17, 15) is 4.79 Å². The lowest BCUT2D eigenvalue weighted by Gasteiger charge is -2.30. The molecule has 3 nitrogen and oxygen atoms in total. The Labute approximate surface area is 80.5 Å². The van der Waals surface area contributed by atoms with Crippen LogP contribution in [0.5, 0.6) is 0 Å². The maximum absolute atomic E-state index is 11.6. The van der Waals surface area contributed by atoms with Crippen LogP contribution in [0.3, 0.4) is 0 Å². The number of carbonyl (C=O) groups is 1. The van der Waals surface area contributed by atoms with Crippen LogP contribution in [0.1, 0.15) is 34.1 Å². The minimum Gasteiger partial charge on any atom is -0.337 e. The van der Waals surface area contributed by atoms with Gasteiger partial charge in [0, 0.05) is 0 Å². The lowest BCUT2D eigenvalue weighted by atomic mass is 10.0. The maximum Gasteiger partial charge on any atom is 0.238 e. The van der Waals surface area contributed by atoms with E-state index in [4.69, 9.17) is 0 Å². The number of hydrogen-bond donors (Lipinski definition) is 1. The summed E-state index contributed by atoms with van der Waals surface area (Å²) in [6, 6.07) is 0.0509. The molecule has 1 aliphatic rings. The van der Waals surface area contributed by atoms with Gasteiger partial charge in [0.15, 0.2) is 0 Å². The molecule has 13 heavy (non-hydrogen) atoms. The molecular formula is C10H20N2O. The number of carbonyl (C=O) groups excluding carboxylic acids is 1. The number of nitrogens with one attached hydrogen (secondary N) is 1. The summed E-state index contributed by atoms with van der Waals surface area (Å²) < 4.78 is 0. The summed E-state index contributed by atoms with van der Waals surface area (Å²) >= 11 is 0. The molecule has 0 radical (unpaired) electrons. The topological polar surface area (TPSA) is 32.3 Å². The monoisotopic (exact) mass is 184 g/mol. The highest BCUT2D eigenvalue weighted by Crippen LogP contribution is 2.24. The molecule has 1 unspecified atom stereocenters. The molecule has 1 rings (SSSR count). The summed E-state index contributed by atoms with van der Waals surface area (Å²) in [6.07, 6.45) is 0.936. The fourth-order valence-corrected chi connectivity index (χ4v) is 1.75. The van der Waals surface area contributed by atoms with Crippen LogP contribution in [0.4, 0.5) is 0 Å². The number of nitrogens with zero attached hydrogens (tertiary/aromatic N) is 1. The normalized spacial score (nSPS) is 28.2. The van der Waals surface area contributed by atoms with Crippen molar-refractivity contribution in [3.05, 3.63) is 0 Å². The second kappa shape index (κ2) is 3.29. The third-order valence-corrected chi connectivity index (χ3v) is 2.78. The van der Waals surface area contributed by atoms with E-state index in [-0.39, 0.29) is 17.6 Å². The fraction of sp³-hybridized carbons (Fsp3) is 0.900. The third-order valence-electron chi connectivity index (χ3n) is 2.78. The van der Waals surface area contributed by atoms with Crippen molar-refractivity contribution in [1.82, 2.24) is 10.2 Å². The Bertz CT molecular complexity index is 211. The molecule has 0 aromatic heterocycles. The Morgan fingerprint density at radius 1 is 1.54 bits per heavy atom. The Morgan fingerprint density at radius 2 is 2.08 bits per heavy atom. The minimum absolute atomic E-state index is 0.0509. The van der Waals surface area contributed by atoms with Crippen LogP contribution in [-0.4, -0.2) is 29.6 Å². The van der Waals surface area contributed by atoms with Crippen molar-refractivity contribution < 1.29 is 4.79 Å². The second-order valence-electron chi connectivity index (χ2n) is 4.80. The number of amides is 1. The molecule has 1 amide bonds. The van der Waals surface area contributed by atoms with Crippen LogP contribution in [0, 0.1) is 5.92 Å². The van der Waals surface area contributed by atoms with Gasteiger partial charge in [0.2, 0.25) is 5.91 Å². The summed E-state index contributed by atoms with van der Waals surface area (Å²) in [6.45, 7) is 8.36.